The van der Waals surface area contributed by atoms with E-state index < -0.39 is 0 Å². The van der Waals surface area contributed by atoms with Crippen LogP contribution in [0.25, 0.3) is 0 Å². The average molecular weight is 298 g/mol. The molecule has 0 spiro atoms. The third-order valence-electron chi connectivity index (χ3n) is 3.52. The van der Waals surface area contributed by atoms with Crippen LogP contribution in [0.2, 0.25) is 5.02 Å². The van der Waals surface area contributed by atoms with Gasteiger partial charge in [-0.05, 0) is 12.8 Å². The highest BCUT2D eigenvalue weighted by molar-refractivity contribution is 6.33. The summed E-state index contributed by atoms with van der Waals surface area (Å²) in [5.74, 6) is 0.779. The molecule has 0 fully saturated rings. The molecule has 0 unspecified atom stereocenters. The van der Waals surface area contributed by atoms with Crippen LogP contribution in [0.3, 0.4) is 0 Å². The van der Waals surface area contributed by atoms with E-state index in [-0.39, 0.29) is 0 Å². The van der Waals surface area contributed by atoms with Crippen LogP contribution in [0.1, 0.15) is 70.9 Å². The maximum Gasteiger partial charge on any atom is 0.148 e. The van der Waals surface area contributed by atoms with Crippen molar-refractivity contribution in [2.75, 3.05) is 11.9 Å². The molecule has 0 bridgehead atoms. The highest BCUT2D eigenvalue weighted by atomic mass is 35.5. The van der Waals surface area contributed by atoms with Crippen LogP contribution in [-0.2, 0) is 6.42 Å². The summed E-state index contributed by atoms with van der Waals surface area (Å²) in [6.45, 7) is 5.25. The lowest BCUT2D eigenvalue weighted by atomic mass is 10.1. The number of nitrogens with zero attached hydrogens (tertiary/aromatic N) is 2. The zero-order valence-corrected chi connectivity index (χ0v) is 13.7. The lowest BCUT2D eigenvalue weighted by Crippen LogP contribution is -2.05. The SMILES string of the molecule is CCCCCCCCCCNc1ncnc(CC)c1Cl. The molecule has 0 aliphatic carbocycles. The molecule has 1 rings (SSSR count). The molecule has 20 heavy (non-hydrogen) atoms. The summed E-state index contributed by atoms with van der Waals surface area (Å²) in [6.07, 6.45) is 13.1. The number of unbranched alkanes of at least 4 members (excludes halogenated alkanes) is 7. The van der Waals surface area contributed by atoms with Crippen molar-refractivity contribution >= 4 is 17.4 Å². The summed E-state index contributed by atoms with van der Waals surface area (Å²) in [5.41, 5.74) is 0.917. The van der Waals surface area contributed by atoms with Crippen LogP contribution >= 0.6 is 11.6 Å². The second-order valence-corrected chi connectivity index (χ2v) is 5.62. The smallest absolute Gasteiger partial charge is 0.148 e. The zero-order valence-electron chi connectivity index (χ0n) is 12.9. The van der Waals surface area contributed by atoms with Crippen molar-refractivity contribution in [1.29, 1.82) is 0 Å². The quantitative estimate of drug-likeness (QED) is 0.567. The second kappa shape index (κ2) is 10.9. The number of anilines is 1. The van der Waals surface area contributed by atoms with Gasteiger partial charge in [-0.2, -0.15) is 0 Å². The average Bonchev–Trinajstić information content (AvgIpc) is 2.47. The Balaban J connectivity index is 2.09. The van der Waals surface area contributed by atoms with Crippen LogP contribution in [-0.4, -0.2) is 16.5 Å². The molecule has 0 amide bonds. The summed E-state index contributed by atoms with van der Waals surface area (Å²) < 4.78 is 0. The fourth-order valence-electron chi connectivity index (χ4n) is 2.24. The molecule has 0 aliphatic heterocycles. The van der Waals surface area contributed by atoms with Crippen molar-refractivity contribution in [2.45, 2.75) is 71.6 Å². The van der Waals surface area contributed by atoms with Gasteiger partial charge in [0.05, 0.1) is 5.69 Å². The standard InChI is InChI=1S/C16H28ClN3/c1-3-5-6-7-8-9-10-11-12-18-16-15(17)14(4-2)19-13-20-16/h13H,3-12H2,1-2H3,(H,18,19,20). The molecule has 3 nitrogen and oxygen atoms in total. The van der Waals surface area contributed by atoms with E-state index in [4.69, 9.17) is 11.6 Å². The lowest BCUT2D eigenvalue weighted by Gasteiger charge is -2.09. The van der Waals surface area contributed by atoms with Crippen LogP contribution in [0.5, 0.6) is 0 Å². The molecular formula is C16H28ClN3. The van der Waals surface area contributed by atoms with Gasteiger partial charge < -0.3 is 5.32 Å². The Hall–Kier alpha value is -0.830. The minimum Gasteiger partial charge on any atom is -0.369 e. The highest BCUT2D eigenvalue weighted by Gasteiger charge is 2.06. The predicted octanol–water partition coefficient (Wildman–Crippen LogP) is 5.25. The normalized spacial score (nSPS) is 10.8. The molecule has 0 saturated carbocycles. The Bertz CT molecular complexity index is 369. The van der Waals surface area contributed by atoms with E-state index in [1.165, 1.54) is 51.4 Å². The number of aromatic nitrogens is 2. The predicted molar refractivity (Wildman–Crippen MR) is 87.5 cm³/mol. The molecule has 1 N–H and O–H groups in total. The molecule has 0 atom stereocenters. The van der Waals surface area contributed by atoms with Gasteiger partial charge in [0.1, 0.15) is 17.2 Å². The molecule has 1 aromatic heterocycles. The van der Waals surface area contributed by atoms with Crippen LogP contribution in [0.15, 0.2) is 6.33 Å². The lowest BCUT2D eigenvalue weighted by molar-refractivity contribution is 0.581. The van der Waals surface area contributed by atoms with Gasteiger partial charge in [-0.3, -0.25) is 0 Å². The van der Waals surface area contributed by atoms with Crippen molar-refractivity contribution in [3.63, 3.8) is 0 Å². The van der Waals surface area contributed by atoms with Gasteiger partial charge in [-0.25, -0.2) is 9.97 Å². The van der Waals surface area contributed by atoms with E-state index >= 15 is 0 Å². The van der Waals surface area contributed by atoms with E-state index in [1.807, 2.05) is 0 Å². The van der Waals surface area contributed by atoms with Gasteiger partial charge in [-0.1, -0.05) is 70.4 Å². The molecule has 1 heterocycles. The van der Waals surface area contributed by atoms with E-state index in [0.717, 1.165) is 24.5 Å². The molecule has 1 aromatic rings. The summed E-state index contributed by atoms with van der Waals surface area (Å²) >= 11 is 6.23. The summed E-state index contributed by atoms with van der Waals surface area (Å²) in [6, 6.07) is 0. The van der Waals surface area contributed by atoms with Gasteiger partial charge in [0.15, 0.2) is 0 Å². The molecule has 0 saturated heterocycles. The first-order valence-corrected chi connectivity index (χ1v) is 8.40. The number of aryl methyl sites for hydroxylation is 1. The van der Waals surface area contributed by atoms with E-state index in [0.29, 0.717) is 5.02 Å². The van der Waals surface area contributed by atoms with Gasteiger partial charge in [-0.15, -0.1) is 0 Å². The number of halogens is 1. The Kier molecular flexibility index (Phi) is 9.38. The van der Waals surface area contributed by atoms with Gasteiger partial charge in [0.25, 0.3) is 0 Å². The van der Waals surface area contributed by atoms with E-state index in [1.54, 1.807) is 6.33 Å². The Morgan fingerprint density at radius 2 is 1.60 bits per heavy atom. The summed E-state index contributed by atoms with van der Waals surface area (Å²) in [4.78, 5) is 8.37. The maximum absolute atomic E-state index is 6.23. The van der Waals surface area contributed by atoms with Gasteiger partial charge in [0, 0.05) is 6.54 Å². The maximum atomic E-state index is 6.23. The van der Waals surface area contributed by atoms with Crippen molar-refractivity contribution in [3.05, 3.63) is 17.0 Å². The number of hydrogen-bond acceptors (Lipinski definition) is 3. The van der Waals surface area contributed by atoms with Gasteiger partial charge in [0.2, 0.25) is 0 Å². The minimum absolute atomic E-state index is 0.676. The topological polar surface area (TPSA) is 37.8 Å². The van der Waals surface area contributed by atoms with E-state index in [9.17, 15) is 0 Å². The molecule has 0 aromatic carbocycles. The number of hydrogen-bond donors (Lipinski definition) is 1. The molecular weight excluding hydrogens is 270 g/mol. The minimum atomic E-state index is 0.676. The first-order valence-electron chi connectivity index (χ1n) is 8.02. The van der Waals surface area contributed by atoms with Crippen LogP contribution in [0, 0.1) is 0 Å². The van der Waals surface area contributed by atoms with Crippen molar-refractivity contribution in [3.8, 4) is 0 Å². The van der Waals surface area contributed by atoms with Crippen molar-refractivity contribution < 1.29 is 0 Å². The third-order valence-corrected chi connectivity index (χ3v) is 3.92. The first-order chi connectivity index (χ1) is 9.79. The second-order valence-electron chi connectivity index (χ2n) is 5.24. The number of nitrogens with one attached hydrogen (secondary N) is 1. The fraction of sp³-hybridized carbons (Fsp3) is 0.750. The Labute approximate surface area is 128 Å². The molecule has 0 radical (unpaired) electrons. The number of rotatable bonds is 11. The molecule has 0 aliphatic rings. The summed E-state index contributed by atoms with van der Waals surface area (Å²) in [7, 11) is 0. The van der Waals surface area contributed by atoms with Crippen LogP contribution in [0.4, 0.5) is 5.82 Å². The Morgan fingerprint density at radius 1 is 0.950 bits per heavy atom. The van der Waals surface area contributed by atoms with E-state index in [2.05, 4.69) is 29.1 Å². The summed E-state index contributed by atoms with van der Waals surface area (Å²) in [5, 5.41) is 3.99. The highest BCUT2D eigenvalue weighted by Crippen LogP contribution is 2.22. The molecule has 4 heteroatoms. The van der Waals surface area contributed by atoms with Gasteiger partial charge >= 0.3 is 0 Å². The molecule has 114 valence electrons. The first kappa shape index (κ1) is 17.2. The Morgan fingerprint density at radius 3 is 2.25 bits per heavy atom. The van der Waals surface area contributed by atoms with Crippen molar-refractivity contribution in [1.82, 2.24) is 9.97 Å². The fourth-order valence-corrected chi connectivity index (χ4v) is 2.54. The zero-order chi connectivity index (χ0) is 14.6. The largest absolute Gasteiger partial charge is 0.369 e. The van der Waals surface area contributed by atoms with Crippen LogP contribution < -0.4 is 5.32 Å². The monoisotopic (exact) mass is 297 g/mol. The third kappa shape index (κ3) is 6.56. The van der Waals surface area contributed by atoms with Crippen molar-refractivity contribution in [2.24, 2.45) is 0 Å².